The summed E-state index contributed by atoms with van der Waals surface area (Å²) in [5.41, 5.74) is 1.88. The van der Waals surface area contributed by atoms with Crippen LogP contribution in [0.2, 0.25) is 0 Å². The van der Waals surface area contributed by atoms with E-state index in [2.05, 4.69) is 18.5 Å². The van der Waals surface area contributed by atoms with Crippen molar-refractivity contribution in [2.75, 3.05) is 0 Å². The molecule has 1 heteroatoms. The molecule has 1 rings (SSSR count). The topological polar surface area (TPSA) is 12.4 Å². The zero-order valence-electron chi connectivity index (χ0n) is 7.74. The van der Waals surface area contributed by atoms with Crippen molar-refractivity contribution < 1.29 is 0 Å². The minimum absolute atomic E-state index is 0.887. The van der Waals surface area contributed by atoms with E-state index in [-0.39, 0.29) is 0 Å². The van der Waals surface area contributed by atoms with E-state index in [0.717, 1.165) is 24.2 Å². The Morgan fingerprint density at radius 1 is 1.31 bits per heavy atom. The van der Waals surface area contributed by atoms with Crippen LogP contribution in [-0.4, -0.2) is 5.71 Å². The van der Waals surface area contributed by atoms with Gasteiger partial charge in [-0.1, -0.05) is 24.3 Å². The zero-order chi connectivity index (χ0) is 9.52. The Morgan fingerprint density at radius 3 is 2.62 bits per heavy atom. The van der Waals surface area contributed by atoms with E-state index in [9.17, 15) is 0 Å². The van der Waals surface area contributed by atoms with Gasteiger partial charge in [0.1, 0.15) is 0 Å². The molecule has 0 aliphatic heterocycles. The van der Waals surface area contributed by atoms with Gasteiger partial charge in [0.2, 0.25) is 0 Å². The van der Waals surface area contributed by atoms with Crippen LogP contribution in [0, 0.1) is 6.92 Å². The van der Waals surface area contributed by atoms with Gasteiger partial charge in [-0.25, -0.2) is 0 Å². The summed E-state index contributed by atoms with van der Waals surface area (Å²) >= 11 is 0. The molecule has 0 spiro atoms. The molecule has 1 aromatic carbocycles. The molecule has 67 valence electrons. The first-order valence-electron chi connectivity index (χ1n) is 4.38. The van der Waals surface area contributed by atoms with Crippen LogP contribution in [0.1, 0.15) is 12.8 Å². The van der Waals surface area contributed by atoms with Gasteiger partial charge in [-0.2, -0.15) is 0 Å². The van der Waals surface area contributed by atoms with Crippen molar-refractivity contribution in [2.45, 2.75) is 12.8 Å². The van der Waals surface area contributed by atoms with Crippen LogP contribution in [-0.2, 0) is 0 Å². The number of hydrogen-bond acceptors (Lipinski definition) is 1. The summed E-state index contributed by atoms with van der Waals surface area (Å²) in [6.45, 7) is 7.53. The normalized spacial score (nSPS) is 11.3. The van der Waals surface area contributed by atoms with Gasteiger partial charge in [0.25, 0.3) is 0 Å². The summed E-state index contributed by atoms with van der Waals surface area (Å²) in [4.78, 5) is 4.35. The molecule has 0 aromatic heterocycles. The van der Waals surface area contributed by atoms with Gasteiger partial charge in [0.05, 0.1) is 5.69 Å². The van der Waals surface area contributed by atoms with Gasteiger partial charge in [-0.3, -0.25) is 4.99 Å². The summed E-state index contributed by atoms with van der Waals surface area (Å²) in [6.07, 6.45) is 3.71. The van der Waals surface area contributed by atoms with Crippen molar-refractivity contribution in [1.29, 1.82) is 0 Å². The number of aliphatic imine (C=N–C) groups is 1. The molecule has 0 fully saturated rings. The second kappa shape index (κ2) is 5.31. The lowest BCUT2D eigenvalue weighted by molar-refractivity contribution is 1.10. The Balaban J connectivity index is 2.60. The second-order valence-corrected chi connectivity index (χ2v) is 2.84. The number of rotatable bonds is 4. The number of benzene rings is 1. The van der Waals surface area contributed by atoms with Crippen LogP contribution in [0.5, 0.6) is 0 Å². The van der Waals surface area contributed by atoms with Crippen LogP contribution in [0.3, 0.4) is 0 Å². The van der Waals surface area contributed by atoms with E-state index in [1.165, 1.54) is 0 Å². The summed E-state index contributed by atoms with van der Waals surface area (Å²) in [5, 5.41) is 0. The lowest BCUT2D eigenvalue weighted by atomic mass is 10.2. The second-order valence-electron chi connectivity index (χ2n) is 2.84. The molecule has 0 amide bonds. The molecule has 0 aliphatic rings. The molecule has 0 heterocycles. The van der Waals surface area contributed by atoms with Crippen molar-refractivity contribution in [1.82, 2.24) is 0 Å². The predicted octanol–water partition coefficient (Wildman–Crippen LogP) is 3.56. The average Bonchev–Trinajstić information content (AvgIpc) is 2.16. The highest BCUT2D eigenvalue weighted by Crippen LogP contribution is 2.11. The first-order chi connectivity index (χ1) is 6.33. The first kappa shape index (κ1) is 9.72. The minimum Gasteiger partial charge on any atom is -0.258 e. The van der Waals surface area contributed by atoms with Gasteiger partial charge in [0.15, 0.2) is 0 Å². The minimum atomic E-state index is 0.887. The van der Waals surface area contributed by atoms with E-state index in [0.29, 0.717) is 0 Å². The lowest BCUT2D eigenvalue weighted by Gasteiger charge is -1.97. The molecule has 1 aromatic rings. The smallest absolute Gasteiger partial charge is 0.0629 e. The van der Waals surface area contributed by atoms with E-state index >= 15 is 0 Å². The maximum Gasteiger partial charge on any atom is 0.0629 e. The van der Waals surface area contributed by atoms with E-state index in [1.807, 2.05) is 36.4 Å². The fourth-order valence-corrected chi connectivity index (χ4v) is 1.01. The van der Waals surface area contributed by atoms with Crippen LogP contribution >= 0.6 is 0 Å². The third-order valence-corrected chi connectivity index (χ3v) is 1.68. The van der Waals surface area contributed by atoms with Crippen molar-refractivity contribution in [2.24, 2.45) is 4.99 Å². The summed E-state index contributed by atoms with van der Waals surface area (Å²) in [7, 11) is 0. The van der Waals surface area contributed by atoms with E-state index in [4.69, 9.17) is 0 Å². The van der Waals surface area contributed by atoms with Crippen LogP contribution in [0.25, 0.3) is 0 Å². The molecule has 0 bridgehead atoms. The molecule has 1 radical (unpaired) electrons. The molecule has 0 unspecified atom stereocenters. The maximum atomic E-state index is 4.35. The van der Waals surface area contributed by atoms with Gasteiger partial charge >= 0.3 is 0 Å². The number of para-hydroxylation sites is 1. The molecule has 0 N–H and O–H groups in total. The largest absolute Gasteiger partial charge is 0.258 e. The van der Waals surface area contributed by atoms with Crippen LogP contribution in [0.15, 0.2) is 48.0 Å². The Bertz CT molecular complexity index is 285. The van der Waals surface area contributed by atoms with E-state index in [1.54, 1.807) is 0 Å². The fourth-order valence-electron chi connectivity index (χ4n) is 1.01. The molecular formula is C12H14N. The average molecular weight is 172 g/mol. The number of hydrogen-bond donors (Lipinski definition) is 0. The zero-order valence-corrected chi connectivity index (χ0v) is 7.74. The maximum absolute atomic E-state index is 4.35. The molecule has 13 heavy (non-hydrogen) atoms. The summed E-state index contributed by atoms with van der Waals surface area (Å²) in [5.74, 6) is 0. The predicted molar refractivity (Wildman–Crippen MR) is 58.3 cm³/mol. The Kier molecular flexibility index (Phi) is 3.97. The Hall–Kier alpha value is -1.37. The van der Waals surface area contributed by atoms with Crippen molar-refractivity contribution >= 4 is 11.4 Å². The molecule has 0 saturated carbocycles. The third kappa shape index (κ3) is 3.70. The van der Waals surface area contributed by atoms with Gasteiger partial charge in [-0.15, -0.1) is 6.58 Å². The number of allylic oxidation sites excluding steroid dienone is 1. The fraction of sp³-hybridized carbons (Fsp3) is 0.167. The van der Waals surface area contributed by atoms with Crippen molar-refractivity contribution in [3.63, 3.8) is 0 Å². The van der Waals surface area contributed by atoms with E-state index < -0.39 is 0 Å². The quantitative estimate of drug-likeness (QED) is 0.486. The lowest BCUT2D eigenvalue weighted by Crippen LogP contribution is -1.88. The van der Waals surface area contributed by atoms with Crippen LogP contribution < -0.4 is 0 Å². The Morgan fingerprint density at radius 2 is 2.00 bits per heavy atom. The van der Waals surface area contributed by atoms with Gasteiger partial charge in [0, 0.05) is 5.71 Å². The van der Waals surface area contributed by atoms with Gasteiger partial charge in [-0.05, 0) is 31.9 Å². The summed E-state index contributed by atoms with van der Waals surface area (Å²) < 4.78 is 0. The monoisotopic (exact) mass is 172 g/mol. The highest BCUT2D eigenvalue weighted by atomic mass is 14.7. The molecule has 0 saturated heterocycles. The highest BCUT2D eigenvalue weighted by molar-refractivity contribution is 5.90. The van der Waals surface area contributed by atoms with Crippen molar-refractivity contribution in [3.05, 3.63) is 49.9 Å². The highest BCUT2D eigenvalue weighted by Gasteiger charge is 1.90. The molecular weight excluding hydrogens is 158 g/mol. The number of nitrogens with zero attached hydrogens (tertiary/aromatic N) is 1. The molecule has 0 atom stereocenters. The first-order valence-corrected chi connectivity index (χ1v) is 4.38. The molecule has 0 aliphatic carbocycles. The Labute approximate surface area is 79.8 Å². The van der Waals surface area contributed by atoms with Crippen molar-refractivity contribution in [3.8, 4) is 0 Å². The standard InChI is InChI=1S/C12H14N/c1-3-4-8-11(2)13-12-9-6-5-7-10-12/h3,5-7,9-10H,1-2,4,8H2. The van der Waals surface area contributed by atoms with Crippen LogP contribution in [0.4, 0.5) is 5.69 Å². The third-order valence-electron chi connectivity index (χ3n) is 1.68. The SMILES string of the molecule is [CH2]C(CCC=C)=Nc1ccccc1. The summed E-state index contributed by atoms with van der Waals surface area (Å²) in [6, 6.07) is 9.86. The van der Waals surface area contributed by atoms with Gasteiger partial charge < -0.3 is 0 Å². The molecule has 1 nitrogen and oxygen atoms in total.